The largest absolute Gasteiger partial charge is 0.337 e. The Labute approximate surface area is 130 Å². The van der Waals surface area contributed by atoms with Crippen LogP contribution in [-0.4, -0.2) is 55.0 Å². The lowest BCUT2D eigenvalue weighted by atomic mass is 9.89. The van der Waals surface area contributed by atoms with E-state index >= 15 is 0 Å². The first kappa shape index (κ1) is 13.7. The van der Waals surface area contributed by atoms with Crippen molar-refractivity contribution in [3.05, 3.63) is 21.9 Å². The predicted molar refractivity (Wildman–Crippen MR) is 84.3 cm³/mol. The molecule has 0 saturated carbocycles. The Balaban J connectivity index is 1.34. The maximum atomic E-state index is 12.6. The van der Waals surface area contributed by atoms with Crippen LogP contribution in [0.2, 0.25) is 0 Å². The third-order valence-corrected chi connectivity index (χ3v) is 6.33. The zero-order valence-electron chi connectivity index (χ0n) is 12.4. The molecule has 4 nitrogen and oxygen atoms in total. The van der Waals surface area contributed by atoms with E-state index in [4.69, 9.17) is 0 Å². The van der Waals surface area contributed by atoms with Crippen LogP contribution in [0, 0.1) is 11.8 Å². The summed E-state index contributed by atoms with van der Waals surface area (Å²) in [5.41, 5.74) is 1.36. The SMILES string of the molecule is O=C(CN1CCC2CNCC2C1)N1CCc2sccc2C1. The number of hydrogen-bond donors (Lipinski definition) is 1. The lowest BCUT2D eigenvalue weighted by Gasteiger charge is -2.36. The monoisotopic (exact) mass is 305 g/mol. The van der Waals surface area contributed by atoms with Crippen molar-refractivity contribution >= 4 is 17.2 Å². The molecule has 1 aromatic rings. The Bertz CT molecular complexity index is 529. The normalized spacial score (nSPS) is 29.2. The molecule has 0 aromatic carbocycles. The summed E-state index contributed by atoms with van der Waals surface area (Å²) in [4.78, 5) is 18.5. The zero-order valence-corrected chi connectivity index (χ0v) is 13.2. The molecule has 4 heterocycles. The number of fused-ring (bicyclic) bond motifs is 2. The minimum absolute atomic E-state index is 0.316. The van der Waals surface area contributed by atoms with E-state index in [0.717, 1.165) is 51.0 Å². The average molecular weight is 305 g/mol. The zero-order chi connectivity index (χ0) is 14.2. The smallest absolute Gasteiger partial charge is 0.237 e. The van der Waals surface area contributed by atoms with Gasteiger partial charge >= 0.3 is 0 Å². The highest BCUT2D eigenvalue weighted by Crippen LogP contribution is 2.27. The van der Waals surface area contributed by atoms with Gasteiger partial charge in [0.15, 0.2) is 0 Å². The second-order valence-electron chi connectivity index (χ2n) is 6.64. The highest BCUT2D eigenvalue weighted by Gasteiger charge is 2.34. The number of amides is 1. The van der Waals surface area contributed by atoms with Gasteiger partial charge in [0, 0.05) is 24.5 Å². The summed E-state index contributed by atoms with van der Waals surface area (Å²) in [6, 6.07) is 2.18. The van der Waals surface area contributed by atoms with Crippen molar-refractivity contribution in [2.24, 2.45) is 11.8 Å². The number of nitrogens with zero attached hydrogens (tertiary/aromatic N) is 2. The molecule has 1 amide bonds. The summed E-state index contributed by atoms with van der Waals surface area (Å²) in [5, 5.41) is 5.64. The van der Waals surface area contributed by atoms with Crippen molar-refractivity contribution in [2.45, 2.75) is 19.4 Å². The van der Waals surface area contributed by atoms with Gasteiger partial charge in [-0.1, -0.05) is 0 Å². The van der Waals surface area contributed by atoms with Gasteiger partial charge in [-0.25, -0.2) is 0 Å². The first-order chi connectivity index (χ1) is 10.3. The lowest BCUT2D eigenvalue weighted by molar-refractivity contribution is -0.133. The van der Waals surface area contributed by atoms with Crippen LogP contribution in [0.3, 0.4) is 0 Å². The molecule has 2 saturated heterocycles. The maximum Gasteiger partial charge on any atom is 0.237 e. The molecule has 1 N–H and O–H groups in total. The van der Waals surface area contributed by atoms with Gasteiger partial charge in [-0.05, 0) is 61.3 Å². The topological polar surface area (TPSA) is 35.6 Å². The molecular formula is C16H23N3OS. The number of carbonyl (C=O) groups excluding carboxylic acids is 1. The van der Waals surface area contributed by atoms with Crippen molar-refractivity contribution in [3.63, 3.8) is 0 Å². The molecular weight excluding hydrogens is 282 g/mol. The van der Waals surface area contributed by atoms with Crippen molar-refractivity contribution < 1.29 is 4.79 Å². The summed E-state index contributed by atoms with van der Waals surface area (Å²) >= 11 is 1.83. The van der Waals surface area contributed by atoms with Crippen molar-refractivity contribution in [2.75, 3.05) is 39.3 Å². The highest BCUT2D eigenvalue weighted by molar-refractivity contribution is 7.10. The number of hydrogen-bond acceptors (Lipinski definition) is 4. The fourth-order valence-corrected chi connectivity index (χ4v) is 4.90. The van der Waals surface area contributed by atoms with E-state index in [1.54, 1.807) is 0 Å². The Hall–Kier alpha value is -0.910. The van der Waals surface area contributed by atoms with Crippen LogP contribution in [0.1, 0.15) is 16.9 Å². The van der Waals surface area contributed by atoms with Crippen LogP contribution in [0.15, 0.2) is 11.4 Å². The molecule has 2 fully saturated rings. The van der Waals surface area contributed by atoms with Gasteiger partial charge in [-0.3, -0.25) is 9.69 Å². The van der Waals surface area contributed by atoms with Crippen molar-refractivity contribution in [3.8, 4) is 0 Å². The van der Waals surface area contributed by atoms with E-state index in [0.29, 0.717) is 12.5 Å². The second kappa shape index (κ2) is 5.71. The number of likely N-dealkylation sites (tertiary alicyclic amines) is 1. The first-order valence-electron chi connectivity index (χ1n) is 8.05. The number of nitrogens with one attached hydrogen (secondary N) is 1. The van der Waals surface area contributed by atoms with Crippen molar-refractivity contribution in [1.29, 1.82) is 0 Å². The van der Waals surface area contributed by atoms with Crippen molar-refractivity contribution in [1.82, 2.24) is 15.1 Å². The summed E-state index contributed by atoms with van der Waals surface area (Å²) in [5.74, 6) is 1.92. The average Bonchev–Trinajstić information content (AvgIpc) is 3.14. The van der Waals surface area contributed by atoms with Gasteiger partial charge in [0.25, 0.3) is 0 Å². The van der Waals surface area contributed by atoms with Gasteiger partial charge in [0.2, 0.25) is 5.91 Å². The fraction of sp³-hybridized carbons (Fsp3) is 0.688. The Morgan fingerprint density at radius 1 is 1.33 bits per heavy atom. The third-order valence-electron chi connectivity index (χ3n) is 5.31. The molecule has 3 aliphatic rings. The molecule has 2 unspecified atom stereocenters. The summed E-state index contributed by atoms with van der Waals surface area (Å²) < 4.78 is 0. The van der Waals surface area contributed by atoms with E-state index in [2.05, 4.69) is 21.7 Å². The van der Waals surface area contributed by atoms with E-state index in [-0.39, 0.29) is 0 Å². The predicted octanol–water partition coefficient (Wildman–Crippen LogP) is 1.17. The summed E-state index contributed by atoms with van der Waals surface area (Å²) in [7, 11) is 0. The molecule has 0 aliphatic carbocycles. The van der Waals surface area contributed by atoms with Crippen LogP contribution in [0.5, 0.6) is 0 Å². The maximum absolute atomic E-state index is 12.6. The molecule has 2 atom stereocenters. The third kappa shape index (κ3) is 2.74. The Kier molecular flexibility index (Phi) is 3.73. The molecule has 3 aliphatic heterocycles. The van der Waals surface area contributed by atoms with E-state index in [1.165, 1.54) is 23.4 Å². The first-order valence-corrected chi connectivity index (χ1v) is 8.93. The fourth-order valence-electron chi connectivity index (χ4n) is 4.01. The van der Waals surface area contributed by atoms with Gasteiger partial charge in [0.05, 0.1) is 6.54 Å². The number of piperidine rings is 1. The van der Waals surface area contributed by atoms with Gasteiger partial charge in [-0.15, -0.1) is 11.3 Å². The number of carbonyl (C=O) groups is 1. The summed E-state index contributed by atoms with van der Waals surface area (Å²) in [6.07, 6.45) is 2.28. The quantitative estimate of drug-likeness (QED) is 0.891. The minimum atomic E-state index is 0.316. The molecule has 114 valence electrons. The molecule has 5 heteroatoms. The molecule has 1 aromatic heterocycles. The van der Waals surface area contributed by atoms with Crippen LogP contribution in [-0.2, 0) is 17.8 Å². The van der Waals surface area contributed by atoms with Gasteiger partial charge in [-0.2, -0.15) is 0 Å². The summed E-state index contributed by atoms with van der Waals surface area (Å²) in [6.45, 7) is 6.83. The standard InChI is InChI=1S/C16H23N3OS/c20-16(19-5-2-15-13(10-19)3-6-21-15)11-18-4-1-12-7-17-8-14(12)9-18/h3,6,12,14,17H,1-2,4-5,7-11H2. The van der Waals surface area contributed by atoms with Crippen LogP contribution in [0.25, 0.3) is 0 Å². The van der Waals surface area contributed by atoms with Gasteiger partial charge in [0.1, 0.15) is 0 Å². The number of rotatable bonds is 2. The highest BCUT2D eigenvalue weighted by atomic mass is 32.1. The van der Waals surface area contributed by atoms with Crippen LogP contribution >= 0.6 is 11.3 Å². The van der Waals surface area contributed by atoms with E-state index in [1.807, 2.05) is 16.2 Å². The molecule has 0 radical (unpaired) electrons. The molecule has 0 bridgehead atoms. The molecule has 21 heavy (non-hydrogen) atoms. The van der Waals surface area contributed by atoms with Crippen LogP contribution < -0.4 is 5.32 Å². The van der Waals surface area contributed by atoms with E-state index < -0.39 is 0 Å². The molecule has 0 spiro atoms. The minimum Gasteiger partial charge on any atom is -0.337 e. The molecule has 4 rings (SSSR count). The van der Waals surface area contributed by atoms with Crippen LogP contribution in [0.4, 0.5) is 0 Å². The van der Waals surface area contributed by atoms with E-state index in [9.17, 15) is 4.79 Å². The van der Waals surface area contributed by atoms with Gasteiger partial charge < -0.3 is 10.2 Å². The number of thiophene rings is 1. The second-order valence-corrected chi connectivity index (χ2v) is 7.64. The Morgan fingerprint density at radius 2 is 2.24 bits per heavy atom. The lowest BCUT2D eigenvalue weighted by Crippen LogP contribution is -2.47. The Morgan fingerprint density at radius 3 is 3.19 bits per heavy atom.